The Labute approximate surface area is 122 Å². The van der Waals surface area contributed by atoms with Crippen molar-refractivity contribution in [2.75, 3.05) is 5.75 Å². The first-order valence-electron chi connectivity index (χ1n) is 5.29. The van der Waals surface area contributed by atoms with Crippen molar-refractivity contribution in [2.24, 2.45) is 0 Å². The van der Waals surface area contributed by atoms with Crippen LogP contribution in [0.15, 0.2) is 22.7 Å². The molecule has 0 amide bonds. The van der Waals surface area contributed by atoms with Gasteiger partial charge in [-0.3, -0.25) is 4.79 Å². The summed E-state index contributed by atoms with van der Waals surface area (Å²) in [4.78, 5) is 12.3. The van der Waals surface area contributed by atoms with Crippen molar-refractivity contribution in [1.82, 2.24) is 0 Å². The number of ketones is 1. The Hall–Kier alpha value is 0.450. The second-order valence-corrected chi connectivity index (χ2v) is 7.25. The molecule has 1 atom stereocenters. The lowest BCUT2D eigenvalue weighted by Crippen LogP contribution is -2.21. The molecule has 1 saturated heterocycles. The molecule has 0 aromatic heterocycles. The standard InChI is InChI=1S/C12H12BrIOS/c13-10-5-4-8(14)7-9(10)12(15)11-3-1-2-6-16-11/h4-5,7,11H,1-3,6H2. The fraction of sp³-hybridized carbons (Fsp3) is 0.417. The Kier molecular flexibility index (Phi) is 4.73. The van der Waals surface area contributed by atoms with Gasteiger partial charge in [-0.05, 0) is 59.4 Å². The average molecular weight is 411 g/mol. The Bertz CT molecular complexity index is 402. The van der Waals surface area contributed by atoms with Crippen LogP contribution in [0.2, 0.25) is 0 Å². The molecule has 0 N–H and O–H groups in total. The largest absolute Gasteiger partial charge is 0.293 e. The molecular formula is C12H12BrIOS. The highest BCUT2D eigenvalue weighted by Gasteiger charge is 2.24. The number of Topliss-reactive ketones (excluding diaryl/α,β-unsaturated/α-hetero) is 1. The van der Waals surface area contributed by atoms with E-state index in [0.29, 0.717) is 0 Å². The van der Waals surface area contributed by atoms with E-state index in [4.69, 9.17) is 0 Å². The number of carbonyl (C=O) groups is 1. The van der Waals surface area contributed by atoms with Gasteiger partial charge in [-0.25, -0.2) is 0 Å². The van der Waals surface area contributed by atoms with Gasteiger partial charge in [0.05, 0.1) is 5.25 Å². The molecule has 86 valence electrons. The van der Waals surface area contributed by atoms with Crippen molar-refractivity contribution in [3.05, 3.63) is 31.8 Å². The molecule has 1 aromatic carbocycles. The van der Waals surface area contributed by atoms with Gasteiger partial charge in [0.1, 0.15) is 0 Å². The normalized spacial score (nSPS) is 20.8. The van der Waals surface area contributed by atoms with Crippen LogP contribution in [0, 0.1) is 3.57 Å². The number of halogens is 2. The van der Waals surface area contributed by atoms with Gasteiger partial charge in [0, 0.05) is 13.6 Å². The predicted molar refractivity (Wildman–Crippen MR) is 81.3 cm³/mol. The second-order valence-electron chi connectivity index (χ2n) is 3.84. The summed E-state index contributed by atoms with van der Waals surface area (Å²) in [6.07, 6.45) is 3.47. The fourth-order valence-electron chi connectivity index (χ4n) is 1.81. The van der Waals surface area contributed by atoms with Crippen LogP contribution in [0.4, 0.5) is 0 Å². The molecule has 1 aliphatic heterocycles. The Morgan fingerprint density at radius 1 is 1.44 bits per heavy atom. The number of carbonyl (C=O) groups excluding carboxylic acids is 1. The quantitative estimate of drug-likeness (QED) is 0.526. The molecule has 16 heavy (non-hydrogen) atoms. The third kappa shape index (κ3) is 3.01. The van der Waals surface area contributed by atoms with Crippen LogP contribution in [-0.4, -0.2) is 16.8 Å². The van der Waals surface area contributed by atoms with Crippen LogP contribution in [0.25, 0.3) is 0 Å². The topological polar surface area (TPSA) is 17.1 Å². The van der Waals surface area contributed by atoms with Crippen molar-refractivity contribution in [2.45, 2.75) is 24.5 Å². The maximum atomic E-state index is 12.3. The highest BCUT2D eigenvalue weighted by Crippen LogP contribution is 2.30. The van der Waals surface area contributed by atoms with E-state index in [9.17, 15) is 4.79 Å². The molecule has 1 fully saturated rings. The molecule has 0 saturated carbocycles. The lowest BCUT2D eigenvalue weighted by atomic mass is 10.0. The van der Waals surface area contributed by atoms with Crippen LogP contribution in [-0.2, 0) is 0 Å². The van der Waals surface area contributed by atoms with E-state index < -0.39 is 0 Å². The summed E-state index contributed by atoms with van der Waals surface area (Å²) in [6.45, 7) is 0. The monoisotopic (exact) mass is 410 g/mol. The highest BCUT2D eigenvalue weighted by atomic mass is 127. The third-order valence-corrected chi connectivity index (χ3v) is 5.41. The minimum absolute atomic E-state index is 0.170. The maximum absolute atomic E-state index is 12.3. The van der Waals surface area contributed by atoms with E-state index in [1.54, 1.807) is 0 Å². The fourth-order valence-corrected chi connectivity index (χ4v) is 4.01. The van der Waals surface area contributed by atoms with Crippen LogP contribution < -0.4 is 0 Å². The van der Waals surface area contributed by atoms with Crippen LogP contribution in [0.1, 0.15) is 29.6 Å². The van der Waals surface area contributed by atoms with Crippen molar-refractivity contribution in [3.8, 4) is 0 Å². The van der Waals surface area contributed by atoms with Crippen molar-refractivity contribution in [1.29, 1.82) is 0 Å². The molecule has 1 aromatic rings. The molecule has 1 nitrogen and oxygen atoms in total. The molecule has 0 bridgehead atoms. The third-order valence-electron chi connectivity index (χ3n) is 2.67. The Morgan fingerprint density at radius 3 is 2.94 bits per heavy atom. The van der Waals surface area contributed by atoms with Crippen LogP contribution >= 0.6 is 50.3 Å². The van der Waals surface area contributed by atoms with E-state index >= 15 is 0 Å². The van der Waals surface area contributed by atoms with Gasteiger partial charge in [0.25, 0.3) is 0 Å². The van der Waals surface area contributed by atoms with E-state index in [-0.39, 0.29) is 11.0 Å². The Morgan fingerprint density at radius 2 is 2.25 bits per heavy atom. The van der Waals surface area contributed by atoms with E-state index in [1.165, 1.54) is 12.8 Å². The second kappa shape index (κ2) is 5.87. The first-order valence-corrected chi connectivity index (χ1v) is 8.21. The zero-order chi connectivity index (χ0) is 11.5. The zero-order valence-corrected chi connectivity index (χ0v) is 13.3. The molecule has 1 aliphatic rings. The molecule has 1 unspecified atom stereocenters. The molecular weight excluding hydrogens is 399 g/mol. The lowest BCUT2D eigenvalue weighted by molar-refractivity contribution is 0.0984. The number of thioether (sulfide) groups is 1. The van der Waals surface area contributed by atoms with Gasteiger partial charge < -0.3 is 0 Å². The molecule has 0 aliphatic carbocycles. The van der Waals surface area contributed by atoms with Crippen LogP contribution in [0.5, 0.6) is 0 Å². The zero-order valence-electron chi connectivity index (χ0n) is 8.71. The summed E-state index contributed by atoms with van der Waals surface area (Å²) in [5.41, 5.74) is 0.839. The lowest BCUT2D eigenvalue weighted by Gasteiger charge is -2.20. The summed E-state index contributed by atoms with van der Waals surface area (Å²) in [5.74, 6) is 1.41. The molecule has 0 spiro atoms. The first-order chi connectivity index (χ1) is 7.68. The molecule has 1 heterocycles. The summed E-state index contributed by atoms with van der Waals surface area (Å²) in [5, 5.41) is 0.170. The maximum Gasteiger partial charge on any atom is 0.176 e. The summed E-state index contributed by atoms with van der Waals surface area (Å²) in [7, 11) is 0. The van der Waals surface area contributed by atoms with Gasteiger partial charge in [-0.15, -0.1) is 0 Å². The van der Waals surface area contributed by atoms with Gasteiger partial charge in [0.2, 0.25) is 0 Å². The van der Waals surface area contributed by atoms with Crippen LogP contribution in [0.3, 0.4) is 0 Å². The van der Waals surface area contributed by atoms with Crippen molar-refractivity contribution < 1.29 is 4.79 Å². The SMILES string of the molecule is O=C(c1cc(I)ccc1Br)C1CCCCS1. The van der Waals surface area contributed by atoms with E-state index in [2.05, 4.69) is 38.5 Å². The molecule has 0 radical (unpaired) electrons. The minimum atomic E-state index is 0.170. The first kappa shape index (κ1) is 12.9. The smallest absolute Gasteiger partial charge is 0.176 e. The molecule has 2 rings (SSSR count). The van der Waals surface area contributed by atoms with Gasteiger partial charge in [-0.2, -0.15) is 11.8 Å². The van der Waals surface area contributed by atoms with E-state index in [1.807, 2.05) is 30.0 Å². The van der Waals surface area contributed by atoms with Gasteiger partial charge in [0.15, 0.2) is 5.78 Å². The van der Waals surface area contributed by atoms with Gasteiger partial charge >= 0.3 is 0 Å². The number of rotatable bonds is 2. The minimum Gasteiger partial charge on any atom is -0.293 e. The number of hydrogen-bond donors (Lipinski definition) is 0. The molecule has 4 heteroatoms. The summed E-state index contributed by atoms with van der Waals surface area (Å²) >= 11 is 7.52. The average Bonchev–Trinajstić information content (AvgIpc) is 2.32. The summed E-state index contributed by atoms with van der Waals surface area (Å²) in [6, 6.07) is 5.94. The predicted octanol–water partition coefficient (Wildman–Crippen LogP) is 4.52. The van der Waals surface area contributed by atoms with E-state index in [0.717, 1.165) is 25.8 Å². The number of benzene rings is 1. The van der Waals surface area contributed by atoms with Crippen molar-refractivity contribution in [3.63, 3.8) is 0 Å². The number of hydrogen-bond acceptors (Lipinski definition) is 2. The summed E-state index contributed by atoms with van der Waals surface area (Å²) < 4.78 is 2.04. The van der Waals surface area contributed by atoms with Crippen molar-refractivity contribution >= 4 is 56.1 Å². The highest BCUT2D eigenvalue weighted by molar-refractivity contribution is 14.1. The Balaban J connectivity index is 2.22. The van der Waals surface area contributed by atoms with Gasteiger partial charge in [-0.1, -0.05) is 22.4 Å².